The van der Waals surface area contributed by atoms with Gasteiger partial charge >= 0.3 is 5.97 Å². The minimum absolute atomic E-state index is 0.0870. The van der Waals surface area contributed by atoms with Crippen LogP contribution in [0.3, 0.4) is 0 Å². The summed E-state index contributed by atoms with van der Waals surface area (Å²) in [5.41, 5.74) is 10.6. The maximum absolute atomic E-state index is 12.4. The van der Waals surface area contributed by atoms with E-state index in [2.05, 4.69) is 10.3 Å². The molecule has 0 aliphatic carbocycles. The van der Waals surface area contributed by atoms with Crippen LogP contribution in [0.1, 0.15) is 31.2 Å². The van der Waals surface area contributed by atoms with Gasteiger partial charge in [-0.05, 0) is 41.8 Å². The van der Waals surface area contributed by atoms with Gasteiger partial charge in [0.05, 0.1) is 17.4 Å². The van der Waals surface area contributed by atoms with Crippen LogP contribution >= 0.6 is 11.3 Å². The van der Waals surface area contributed by atoms with Crippen molar-refractivity contribution in [2.45, 2.75) is 13.5 Å². The molecule has 27 heavy (non-hydrogen) atoms. The van der Waals surface area contributed by atoms with Gasteiger partial charge in [-0.2, -0.15) is 0 Å². The van der Waals surface area contributed by atoms with Crippen molar-refractivity contribution in [1.82, 2.24) is 10.3 Å². The third kappa shape index (κ3) is 2.70. The molecule has 1 aliphatic rings. The van der Waals surface area contributed by atoms with Crippen LogP contribution < -0.4 is 11.1 Å². The van der Waals surface area contributed by atoms with Crippen molar-refractivity contribution in [3.8, 4) is 27.4 Å². The second kappa shape index (κ2) is 6.10. The highest BCUT2D eigenvalue weighted by molar-refractivity contribution is 7.16. The number of aromatic carboxylic acids is 1. The van der Waals surface area contributed by atoms with Crippen LogP contribution in [0.15, 0.2) is 30.5 Å². The van der Waals surface area contributed by atoms with E-state index in [1.807, 2.05) is 6.92 Å². The first kappa shape index (κ1) is 17.0. The van der Waals surface area contributed by atoms with Crippen LogP contribution in [0.2, 0.25) is 0 Å². The molecule has 0 saturated carbocycles. The molecule has 5 N–H and O–H groups in total. The van der Waals surface area contributed by atoms with Gasteiger partial charge in [0.25, 0.3) is 5.91 Å². The standard InChI is InChI=1S/C19H15N3O4S/c1-8-2-3-9(23)4-10(8)11-5-12(18-22-7-14(27-18)19(25)26)13-6-21-17(24)15(13)16(11)20/h2-5,7,23H,6,20H2,1H3,(H,21,24)(H,25,26). The molecule has 2 heterocycles. The van der Waals surface area contributed by atoms with Crippen LogP contribution in [0.5, 0.6) is 5.75 Å². The monoisotopic (exact) mass is 381 g/mol. The maximum Gasteiger partial charge on any atom is 0.347 e. The molecular weight excluding hydrogens is 366 g/mol. The number of aryl methyl sites for hydroxylation is 1. The van der Waals surface area contributed by atoms with Gasteiger partial charge in [-0.25, -0.2) is 9.78 Å². The number of phenolic OH excluding ortho intramolecular Hbond substituents is 1. The Morgan fingerprint density at radius 2 is 2.04 bits per heavy atom. The lowest BCUT2D eigenvalue weighted by Gasteiger charge is -2.15. The summed E-state index contributed by atoms with van der Waals surface area (Å²) in [6.45, 7) is 2.18. The number of phenols is 1. The van der Waals surface area contributed by atoms with Crippen molar-refractivity contribution in [1.29, 1.82) is 0 Å². The predicted octanol–water partition coefficient (Wildman–Crippen LogP) is 3.01. The average molecular weight is 381 g/mol. The number of carbonyl (C=O) groups excluding carboxylic acids is 1. The highest BCUT2D eigenvalue weighted by Gasteiger charge is 2.29. The lowest BCUT2D eigenvalue weighted by molar-refractivity contribution is 0.0701. The number of nitrogen functional groups attached to an aromatic ring is 1. The zero-order valence-electron chi connectivity index (χ0n) is 14.2. The van der Waals surface area contributed by atoms with E-state index in [-0.39, 0.29) is 16.5 Å². The summed E-state index contributed by atoms with van der Waals surface area (Å²) < 4.78 is 0. The van der Waals surface area contributed by atoms with Gasteiger partial charge in [-0.1, -0.05) is 6.07 Å². The lowest BCUT2D eigenvalue weighted by atomic mass is 9.91. The number of anilines is 1. The Labute approximate surface area is 158 Å². The molecule has 1 amide bonds. The molecule has 136 valence electrons. The summed E-state index contributed by atoms with van der Waals surface area (Å²) in [7, 11) is 0. The molecule has 4 rings (SSSR count). The first-order valence-corrected chi connectivity index (χ1v) is 8.91. The van der Waals surface area contributed by atoms with Crippen molar-refractivity contribution >= 4 is 28.9 Å². The molecule has 0 spiro atoms. The molecular formula is C19H15N3O4S. The number of carboxylic acids is 1. The summed E-state index contributed by atoms with van der Waals surface area (Å²) >= 11 is 1.04. The Hall–Kier alpha value is -3.39. The van der Waals surface area contributed by atoms with Gasteiger partial charge in [0.1, 0.15) is 15.6 Å². The molecule has 0 bridgehead atoms. The number of rotatable bonds is 3. The van der Waals surface area contributed by atoms with Crippen LogP contribution in [-0.4, -0.2) is 27.1 Å². The van der Waals surface area contributed by atoms with E-state index in [1.165, 1.54) is 6.20 Å². The predicted molar refractivity (Wildman–Crippen MR) is 102 cm³/mol. The van der Waals surface area contributed by atoms with Gasteiger partial charge in [-0.3, -0.25) is 4.79 Å². The van der Waals surface area contributed by atoms with E-state index in [4.69, 9.17) is 5.73 Å². The van der Waals surface area contributed by atoms with E-state index >= 15 is 0 Å². The largest absolute Gasteiger partial charge is 0.508 e. The normalized spacial score (nSPS) is 12.7. The quantitative estimate of drug-likeness (QED) is 0.517. The van der Waals surface area contributed by atoms with E-state index in [0.29, 0.717) is 45.1 Å². The third-order valence-electron chi connectivity index (χ3n) is 4.59. The number of benzene rings is 2. The SMILES string of the molecule is Cc1ccc(O)cc1-c1cc(-c2ncc(C(=O)O)s2)c2c(c1N)C(=O)NC2. The number of carboxylic acid groups (broad SMARTS) is 1. The number of aromatic nitrogens is 1. The minimum Gasteiger partial charge on any atom is -0.508 e. The van der Waals surface area contributed by atoms with Crippen LogP contribution in [0.4, 0.5) is 5.69 Å². The number of aromatic hydroxyl groups is 1. The minimum atomic E-state index is -1.05. The Bertz CT molecular complexity index is 1120. The molecule has 0 fully saturated rings. The Kier molecular flexibility index (Phi) is 3.85. The molecule has 0 unspecified atom stereocenters. The van der Waals surface area contributed by atoms with Gasteiger partial charge in [0.15, 0.2) is 0 Å². The van der Waals surface area contributed by atoms with Crippen LogP contribution in [0, 0.1) is 6.92 Å². The van der Waals surface area contributed by atoms with Gasteiger partial charge in [0, 0.05) is 17.7 Å². The number of amides is 1. The summed E-state index contributed by atoms with van der Waals surface area (Å²) in [5.74, 6) is -1.24. The molecule has 1 aromatic heterocycles. The van der Waals surface area contributed by atoms with E-state index in [0.717, 1.165) is 16.9 Å². The number of nitrogens with one attached hydrogen (secondary N) is 1. The highest BCUT2D eigenvalue weighted by Crippen LogP contribution is 2.42. The third-order valence-corrected chi connectivity index (χ3v) is 5.60. The van der Waals surface area contributed by atoms with E-state index in [1.54, 1.807) is 24.3 Å². The molecule has 1 aliphatic heterocycles. The Morgan fingerprint density at radius 3 is 2.74 bits per heavy atom. The number of thiazole rings is 1. The maximum atomic E-state index is 12.4. The molecule has 2 aromatic carbocycles. The summed E-state index contributed by atoms with van der Waals surface area (Å²) in [5, 5.41) is 22.3. The van der Waals surface area contributed by atoms with Gasteiger partial charge < -0.3 is 21.3 Å². The fourth-order valence-corrected chi connectivity index (χ4v) is 4.05. The van der Waals surface area contributed by atoms with E-state index in [9.17, 15) is 19.8 Å². The number of hydrogen-bond donors (Lipinski definition) is 4. The van der Waals surface area contributed by atoms with Gasteiger partial charge in [0.2, 0.25) is 0 Å². The average Bonchev–Trinajstić information content (AvgIpc) is 3.26. The fraction of sp³-hybridized carbons (Fsp3) is 0.105. The van der Waals surface area contributed by atoms with Gasteiger partial charge in [-0.15, -0.1) is 11.3 Å². The lowest BCUT2D eigenvalue weighted by Crippen LogP contribution is -2.13. The summed E-state index contributed by atoms with van der Waals surface area (Å²) in [6, 6.07) is 6.74. The van der Waals surface area contributed by atoms with Crippen molar-refractivity contribution in [2.75, 3.05) is 5.73 Å². The number of carbonyl (C=O) groups is 2. The topological polar surface area (TPSA) is 126 Å². The Balaban J connectivity index is 2.01. The summed E-state index contributed by atoms with van der Waals surface area (Å²) in [4.78, 5) is 27.9. The molecule has 8 heteroatoms. The van der Waals surface area contributed by atoms with E-state index < -0.39 is 5.97 Å². The molecule has 0 saturated heterocycles. The van der Waals surface area contributed by atoms with Crippen LogP contribution in [0.25, 0.3) is 21.7 Å². The van der Waals surface area contributed by atoms with Crippen molar-refractivity contribution in [3.05, 3.63) is 52.0 Å². The number of nitrogens with zero attached hydrogens (tertiary/aromatic N) is 1. The Morgan fingerprint density at radius 1 is 1.26 bits per heavy atom. The number of nitrogens with two attached hydrogens (primary N) is 1. The second-order valence-electron chi connectivity index (χ2n) is 6.26. The van der Waals surface area contributed by atoms with Crippen LogP contribution in [-0.2, 0) is 6.54 Å². The second-order valence-corrected chi connectivity index (χ2v) is 7.29. The zero-order chi connectivity index (χ0) is 19.3. The number of fused-ring (bicyclic) bond motifs is 1. The van der Waals surface area contributed by atoms with Crippen molar-refractivity contribution in [3.63, 3.8) is 0 Å². The molecule has 0 atom stereocenters. The first-order chi connectivity index (χ1) is 12.9. The molecule has 7 nitrogen and oxygen atoms in total. The first-order valence-electron chi connectivity index (χ1n) is 8.10. The zero-order valence-corrected chi connectivity index (χ0v) is 15.1. The van der Waals surface area contributed by atoms with Crippen molar-refractivity contribution in [2.24, 2.45) is 0 Å². The molecule has 3 aromatic rings. The van der Waals surface area contributed by atoms with Crippen molar-refractivity contribution < 1.29 is 19.8 Å². The highest BCUT2D eigenvalue weighted by atomic mass is 32.1. The fourth-order valence-electron chi connectivity index (χ4n) is 3.25. The smallest absolute Gasteiger partial charge is 0.347 e. The summed E-state index contributed by atoms with van der Waals surface area (Å²) in [6.07, 6.45) is 1.30. The number of hydrogen-bond acceptors (Lipinski definition) is 6. The molecule has 0 radical (unpaired) electrons.